The Bertz CT molecular complexity index is 935. The van der Waals surface area contributed by atoms with E-state index in [0.717, 1.165) is 24.6 Å². The number of fused-ring (bicyclic) bond motifs is 1. The maximum atomic E-state index is 13.4. The molecule has 10 heteroatoms. The Labute approximate surface area is 144 Å². The van der Waals surface area contributed by atoms with Gasteiger partial charge < -0.3 is 4.74 Å². The summed E-state index contributed by atoms with van der Waals surface area (Å²) in [5.41, 5.74) is -0.322. The van der Waals surface area contributed by atoms with Gasteiger partial charge in [-0.15, -0.1) is 0 Å². The first-order chi connectivity index (χ1) is 11.9. The van der Waals surface area contributed by atoms with Gasteiger partial charge in [0.2, 0.25) is 10.0 Å². The van der Waals surface area contributed by atoms with Crippen LogP contribution in [0.2, 0.25) is 0 Å². The van der Waals surface area contributed by atoms with Crippen LogP contribution >= 0.6 is 0 Å². The number of benzene rings is 1. The van der Waals surface area contributed by atoms with E-state index in [1.165, 1.54) is 7.11 Å². The van der Waals surface area contributed by atoms with Crippen molar-refractivity contribution in [2.75, 3.05) is 7.11 Å². The third kappa shape index (κ3) is 3.53. The molecule has 0 unspecified atom stereocenters. The Morgan fingerprint density at radius 1 is 1.52 bits per heavy atom. The predicted molar refractivity (Wildman–Crippen MR) is 84.1 cm³/mol. The van der Waals surface area contributed by atoms with E-state index in [2.05, 4.69) is 14.8 Å². The fraction of sp³-hybridized carbons (Fsp3) is 0.400. The highest BCUT2D eigenvalue weighted by atomic mass is 32.2. The largest absolute Gasteiger partial charge is 0.377 e. The quantitative estimate of drug-likeness (QED) is 0.854. The number of nitrogens with one attached hydrogen (secondary N) is 1. The first-order valence-corrected chi connectivity index (χ1v) is 9.07. The Hall–Kier alpha value is -2.35. The summed E-state index contributed by atoms with van der Waals surface area (Å²) in [4.78, 5) is 4.17. The van der Waals surface area contributed by atoms with Crippen LogP contribution in [0.4, 0.5) is 4.39 Å². The molecule has 0 spiro atoms. The van der Waals surface area contributed by atoms with Gasteiger partial charge in [0.25, 0.3) is 0 Å². The molecular weight excluding hydrogens is 349 g/mol. The fourth-order valence-corrected chi connectivity index (χ4v) is 3.97. The highest BCUT2D eigenvalue weighted by Crippen LogP contribution is 2.26. The molecule has 25 heavy (non-hydrogen) atoms. The van der Waals surface area contributed by atoms with E-state index in [1.54, 1.807) is 10.8 Å². The topological polar surface area (TPSA) is 110 Å². The van der Waals surface area contributed by atoms with Crippen molar-refractivity contribution in [1.82, 2.24) is 19.5 Å². The maximum Gasteiger partial charge on any atom is 0.241 e. The molecule has 0 radical (unpaired) electrons. The molecule has 1 aromatic heterocycles. The number of hydrogen-bond donors (Lipinski definition) is 1. The Morgan fingerprint density at radius 2 is 2.32 bits per heavy atom. The summed E-state index contributed by atoms with van der Waals surface area (Å²) < 4.78 is 47.9. The minimum absolute atomic E-state index is 0.167. The maximum absolute atomic E-state index is 13.4. The number of nitrogens with zero attached hydrogens (tertiary/aromatic N) is 4. The van der Waals surface area contributed by atoms with Crippen LogP contribution in [0.25, 0.3) is 0 Å². The standard InChI is InChI=1S/C15H16FN5O3S/c1-24-9-14-18-15-13(3-2-6-21(15)19-14)20-25(22,23)11-4-5-12(16)10(7-11)8-17/h4-5,7,13,20H,2-3,6,9H2,1H3/t13-/m1/s1. The van der Waals surface area contributed by atoms with Gasteiger partial charge in [-0.2, -0.15) is 10.4 Å². The van der Waals surface area contributed by atoms with Gasteiger partial charge in [-0.25, -0.2) is 27.2 Å². The van der Waals surface area contributed by atoms with E-state index < -0.39 is 21.9 Å². The van der Waals surface area contributed by atoms with Crippen LogP contribution in [0.15, 0.2) is 23.1 Å². The third-order valence-electron chi connectivity index (χ3n) is 3.86. The molecule has 0 saturated carbocycles. The predicted octanol–water partition coefficient (Wildman–Crippen LogP) is 1.25. The number of aryl methyl sites for hydroxylation is 1. The highest BCUT2D eigenvalue weighted by Gasteiger charge is 2.29. The molecule has 132 valence electrons. The molecule has 0 saturated heterocycles. The van der Waals surface area contributed by atoms with E-state index in [-0.39, 0.29) is 17.1 Å². The SMILES string of the molecule is COCc1nc2n(n1)CCC[C@H]2NS(=O)(=O)c1ccc(F)c(C#N)c1. The molecule has 0 fully saturated rings. The molecule has 2 aromatic rings. The molecule has 1 N–H and O–H groups in total. The average molecular weight is 365 g/mol. The van der Waals surface area contributed by atoms with Crippen LogP contribution in [0.5, 0.6) is 0 Å². The fourth-order valence-electron chi connectivity index (χ4n) is 2.71. The number of nitriles is 1. The number of ether oxygens (including phenoxy) is 1. The molecule has 1 aliphatic heterocycles. The second-order valence-electron chi connectivity index (χ2n) is 5.61. The molecule has 1 atom stereocenters. The van der Waals surface area contributed by atoms with Gasteiger partial charge in [-0.1, -0.05) is 0 Å². The van der Waals surface area contributed by atoms with Crippen LogP contribution in [-0.2, 0) is 27.9 Å². The van der Waals surface area contributed by atoms with E-state index >= 15 is 0 Å². The summed E-state index contributed by atoms with van der Waals surface area (Å²) in [6.07, 6.45) is 1.31. The van der Waals surface area contributed by atoms with Gasteiger partial charge >= 0.3 is 0 Å². The van der Waals surface area contributed by atoms with E-state index in [9.17, 15) is 12.8 Å². The van der Waals surface area contributed by atoms with Crippen LogP contribution in [0, 0.1) is 17.1 Å². The molecule has 1 aromatic carbocycles. The summed E-state index contributed by atoms with van der Waals surface area (Å²) in [7, 11) is -2.41. The first-order valence-electron chi connectivity index (χ1n) is 7.59. The normalized spacial score (nSPS) is 17.1. The van der Waals surface area contributed by atoms with E-state index in [0.29, 0.717) is 24.6 Å². The van der Waals surface area contributed by atoms with Crippen molar-refractivity contribution in [2.24, 2.45) is 0 Å². The lowest BCUT2D eigenvalue weighted by molar-refractivity contribution is 0.177. The number of methoxy groups -OCH3 is 1. The number of rotatable bonds is 5. The van der Waals surface area contributed by atoms with Crippen molar-refractivity contribution in [3.05, 3.63) is 41.2 Å². The monoisotopic (exact) mass is 365 g/mol. The van der Waals surface area contributed by atoms with Gasteiger partial charge in [0, 0.05) is 13.7 Å². The molecule has 0 bridgehead atoms. The number of aromatic nitrogens is 3. The zero-order chi connectivity index (χ0) is 18.0. The number of hydrogen-bond acceptors (Lipinski definition) is 6. The van der Waals surface area contributed by atoms with E-state index in [1.807, 2.05) is 0 Å². The van der Waals surface area contributed by atoms with Crippen LogP contribution < -0.4 is 4.72 Å². The van der Waals surface area contributed by atoms with Crippen molar-refractivity contribution in [3.63, 3.8) is 0 Å². The summed E-state index contributed by atoms with van der Waals surface area (Å²) in [5, 5.41) is 13.2. The summed E-state index contributed by atoms with van der Waals surface area (Å²) >= 11 is 0. The van der Waals surface area contributed by atoms with Crippen molar-refractivity contribution in [2.45, 2.75) is 36.9 Å². The van der Waals surface area contributed by atoms with E-state index in [4.69, 9.17) is 10.00 Å². The molecule has 1 aliphatic rings. The zero-order valence-electron chi connectivity index (χ0n) is 13.4. The van der Waals surface area contributed by atoms with Gasteiger partial charge in [-0.3, -0.25) is 0 Å². The lowest BCUT2D eigenvalue weighted by atomic mass is 10.1. The van der Waals surface area contributed by atoms with Crippen LogP contribution in [0.1, 0.15) is 36.1 Å². The molecule has 0 aliphatic carbocycles. The van der Waals surface area contributed by atoms with Crippen molar-refractivity contribution in [1.29, 1.82) is 5.26 Å². The molecule has 8 nitrogen and oxygen atoms in total. The second-order valence-corrected chi connectivity index (χ2v) is 7.33. The lowest BCUT2D eigenvalue weighted by Gasteiger charge is -2.23. The minimum Gasteiger partial charge on any atom is -0.377 e. The zero-order valence-corrected chi connectivity index (χ0v) is 14.3. The molecule has 3 rings (SSSR count). The summed E-state index contributed by atoms with van der Waals surface area (Å²) in [6.45, 7) is 0.891. The van der Waals surface area contributed by atoms with Gasteiger partial charge in [-0.05, 0) is 31.0 Å². The molecular formula is C15H16FN5O3S. The second kappa shape index (κ2) is 6.87. The summed E-state index contributed by atoms with van der Waals surface area (Å²) in [5.74, 6) is 0.240. The lowest BCUT2D eigenvalue weighted by Crippen LogP contribution is -2.33. The Kier molecular flexibility index (Phi) is 4.80. The minimum atomic E-state index is -3.94. The highest BCUT2D eigenvalue weighted by molar-refractivity contribution is 7.89. The van der Waals surface area contributed by atoms with Gasteiger partial charge in [0.1, 0.15) is 24.3 Å². The van der Waals surface area contributed by atoms with Gasteiger partial charge in [0.15, 0.2) is 5.82 Å². The Balaban J connectivity index is 1.89. The van der Waals surface area contributed by atoms with Gasteiger partial charge in [0.05, 0.1) is 16.5 Å². The smallest absolute Gasteiger partial charge is 0.241 e. The van der Waals surface area contributed by atoms with Crippen molar-refractivity contribution in [3.8, 4) is 6.07 Å². The van der Waals surface area contributed by atoms with Crippen LogP contribution in [-0.4, -0.2) is 30.3 Å². The molecule has 2 heterocycles. The Morgan fingerprint density at radius 3 is 3.04 bits per heavy atom. The first kappa shape index (κ1) is 17.5. The van der Waals surface area contributed by atoms with Crippen molar-refractivity contribution < 1.29 is 17.5 Å². The number of halogens is 1. The van der Waals surface area contributed by atoms with Crippen molar-refractivity contribution >= 4 is 10.0 Å². The van der Waals surface area contributed by atoms with Crippen LogP contribution in [0.3, 0.4) is 0 Å². The number of sulfonamides is 1. The molecule has 0 amide bonds. The third-order valence-corrected chi connectivity index (χ3v) is 5.33. The summed E-state index contributed by atoms with van der Waals surface area (Å²) in [6, 6.07) is 4.20. The average Bonchev–Trinajstić information content (AvgIpc) is 2.99.